The minimum absolute atomic E-state index is 0.000344. The van der Waals surface area contributed by atoms with Gasteiger partial charge < -0.3 is 20.7 Å². The standard InChI is InChI=1S/C16H19Cl3FN3O3S2/c1-2-26-13(25)11-8-5-3-4-6-9(8)28-12(11)22-15(27)23-14(16(17,18)19)21-10(24)7-20/h14H,2-7H2,1H3,(H,21,24)(H2,22,23,27)/t14-/m0/s1. The molecule has 2 rings (SSSR count). The highest BCUT2D eigenvalue weighted by Gasteiger charge is 2.35. The Morgan fingerprint density at radius 1 is 1.29 bits per heavy atom. The number of carbonyl (C=O) groups is 2. The van der Waals surface area contributed by atoms with Crippen LogP contribution < -0.4 is 16.0 Å². The average Bonchev–Trinajstić information content (AvgIpc) is 2.98. The van der Waals surface area contributed by atoms with Crippen molar-refractivity contribution in [3.05, 3.63) is 16.0 Å². The van der Waals surface area contributed by atoms with Crippen LogP contribution in [0.5, 0.6) is 0 Å². The molecule has 1 aliphatic carbocycles. The minimum Gasteiger partial charge on any atom is -0.462 e. The number of thiocarbonyl (C=S) groups is 1. The summed E-state index contributed by atoms with van der Waals surface area (Å²) in [6, 6.07) is 0. The van der Waals surface area contributed by atoms with Crippen LogP contribution in [0, 0.1) is 0 Å². The first-order valence-corrected chi connectivity index (χ1v) is 10.8. The molecule has 0 saturated heterocycles. The number of aryl methyl sites for hydroxylation is 1. The molecule has 0 fully saturated rings. The van der Waals surface area contributed by atoms with E-state index in [9.17, 15) is 14.0 Å². The van der Waals surface area contributed by atoms with Crippen molar-refractivity contribution in [2.45, 2.75) is 42.6 Å². The fourth-order valence-corrected chi connectivity index (χ4v) is 4.64. The Balaban J connectivity index is 2.21. The molecule has 1 aliphatic rings. The van der Waals surface area contributed by atoms with E-state index >= 15 is 0 Å². The number of ether oxygens (including phenoxy) is 1. The van der Waals surface area contributed by atoms with Gasteiger partial charge in [0.25, 0.3) is 5.91 Å². The first kappa shape index (κ1) is 23.4. The van der Waals surface area contributed by atoms with Crippen LogP contribution in [0.1, 0.15) is 40.6 Å². The lowest BCUT2D eigenvalue weighted by molar-refractivity contribution is -0.122. The van der Waals surface area contributed by atoms with Crippen molar-refractivity contribution in [2.75, 3.05) is 18.6 Å². The second kappa shape index (κ2) is 10.2. The van der Waals surface area contributed by atoms with E-state index in [1.54, 1.807) is 6.92 Å². The number of halogens is 4. The molecule has 0 aliphatic heterocycles. The Hall–Kier alpha value is -0.870. The fourth-order valence-electron chi connectivity index (χ4n) is 2.74. The van der Waals surface area contributed by atoms with Crippen LogP contribution in [0.3, 0.4) is 0 Å². The van der Waals surface area contributed by atoms with Crippen LogP contribution in [-0.4, -0.2) is 40.2 Å². The van der Waals surface area contributed by atoms with Crippen molar-refractivity contribution >= 4 is 80.3 Å². The summed E-state index contributed by atoms with van der Waals surface area (Å²) in [6.07, 6.45) is 2.41. The van der Waals surface area contributed by atoms with Crippen LogP contribution in [0.15, 0.2) is 0 Å². The maximum absolute atomic E-state index is 12.5. The van der Waals surface area contributed by atoms with Gasteiger partial charge in [-0.15, -0.1) is 11.3 Å². The number of hydrogen-bond acceptors (Lipinski definition) is 5. The molecular formula is C16H19Cl3FN3O3S2. The summed E-state index contributed by atoms with van der Waals surface area (Å²) in [7, 11) is 0. The number of thiophene rings is 1. The summed E-state index contributed by atoms with van der Waals surface area (Å²) in [5.41, 5.74) is 1.41. The number of fused-ring (bicyclic) bond motifs is 1. The summed E-state index contributed by atoms with van der Waals surface area (Å²) in [6.45, 7) is 0.703. The number of nitrogens with one attached hydrogen (secondary N) is 3. The zero-order chi connectivity index (χ0) is 20.9. The minimum atomic E-state index is -1.99. The Kier molecular flexibility index (Phi) is 8.57. The maximum Gasteiger partial charge on any atom is 0.341 e. The monoisotopic (exact) mass is 489 g/mol. The normalized spacial score (nSPS) is 14.6. The van der Waals surface area contributed by atoms with Gasteiger partial charge in [0.1, 0.15) is 11.2 Å². The largest absolute Gasteiger partial charge is 0.462 e. The van der Waals surface area contributed by atoms with E-state index < -0.39 is 28.5 Å². The molecule has 1 aromatic rings. The molecule has 0 radical (unpaired) electrons. The number of hydrogen-bond donors (Lipinski definition) is 3. The summed E-state index contributed by atoms with van der Waals surface area (Å²) >= 11 is 24.1. The van der Waals surface area contributed by atoms with E-state index in [0.29, 0.717) is 10.6 Å². The van der Waals surface area contributed by atoms with Gasteiger partial charge in [-0.05, 0) is 50.4 Å². The number of anilines is 1. The lowest BCUT2D eigenvalue weighted by Crippen LogP contribution is -2.56. The molecule has 28 heavy (non-hydrogen) atoms. The van der Waals surface area contributed by atoms with Gasteiger partial charge in [-0.3, -0.25) is 4.79 Å². The van der Waals surface area contributed by atoms with Crippen LogP contribution >= 0.6 is 58.4 Å². The van der Waals surface area contributed by atoms with E-state index in [-0.39, 0.29) is 11.7 Å². The number of alkyl halides is 4. The summed E-state index contributed by atoms with van der Waals surface area (Å²) < 4.78 is 15.7. The number of esters is 1. The summed E-state index contributed by atoms with van der Waals surface area (Å²) in [5.74, 6) is -1.40. The van der Waals surface area contributed by atoms with Gasteiger partial charge in [0.15, 0.2) is 11.8 Å². The van der Waals surface area contributed by atoms with E-state index in [2.05, 4.69) is 16.0 Å². The maximum atomic E-state index is 12.5. The number of amides is 1. The molecule has 156 valence electrons. The highest BCUT2D eigenvalue weighted by molar-refractivity contribution is 7.80. The molecule has 1 atom stereocenters. The molecular weight excluding hydrogens is 472 g/mol. The molecule has 12 heteroatoms. The summed E-state index contributed by atoms with van der Waals surface area (Å²) in [4.78, 5) is 24.9. The Labute approximate surface area is 186 Å². The molecule has 0 bridgehead atoms. The molecule has 0 aromatic carbocycles. The molecule has 1 heterocycles. The molecule has 0 unspecified atom stereocenters. The second-order valence-corrected chi connectivity index (χ2v) is 9.79. The lowest BCUT2D eigenvalue weighted by atomic mass is 9.95. The number of rotatable bonds is 6. The van der Waals surface area contributed by atoms with Gasteiger partial charge >= 0.3 is 5.97 Å². The Morgan fingerprint density at radius 2 is 1.96 bits per heavy atom. The van der Waals surface area contributed by atoms with Gasteiger partial charge in [-0.25, -0.2) is 9.18 Å². The first-order chi connectivity index (χ1) is 13.2. The second-order valence-electron chi connectivity index (χ2n) is 5.91. The van der Waals surface area contributed by atoms with Crippen molar-refractivity contribution < 1.29 is 18.7 Å². The SMILES string of the molecule is CCOC(=O)c1c(NC(=S)N[C@H](NC(=O)CF)C(Cl)(Cl)Cl)sc2c1CCCC2. The highest BCUT2D eigenvalue weighted by atomic mass is 35.6. The van der Waals surface area contributed by atoms with E-state index in [1.807, 2.05) is 0 Å². The molecule has 3 N–H and O–H groups in total. The topological polar surface area (TPSA) is 79.5 Å². The van der Waals surface area contributed by atoms with Gasteiger partial charge in [-0.2, -0.15) is 0 Å². The van der Waals surface area contributed by atoms with Gasteiger partial charge in [0.2, 0.25) is 3.79 Å². The van der Waals surface area contributed by atoms with Crippen LogP contribution in [0.25, 0.3) is 0 Å². The molecule has 6 nitrogen and oxygen atoms in total. The van der Waals surface area contributed by atoms with Crippen molar-refractivity contribution in [1.29, 1.82) is 0 Å². The van der Waals surface area contributed by atoms with Crippen LogP contribution in [0.2, 0.25) is 0 Å². The third kappa shape index (κ3) is 6.06. The predicted octanol–water partition coefficient (Wildman–Crippen LogP) is 3.87. The van der Waals surface area contributed by atoms with Gasteiger partial charge in [-0.1, -0.05) is 34.8 Å². The van der Waals surface area contributed by atoms with Crippen molar-refractivity contribution in [1.82, 2.24) is 10.6 Å². The quantitative estimate of drug-likeness (QED) is 0.243. The number of carbonyl (C=O) groups excluding carboxylic acids is 2. The zero-order valence-electron chi connectivity index (χ0n) is 14.9. The fraction of sp³-hybridized carbons (Fsp3) is 0.562. The van der Waals surface area contributed by atoms with Gasteiger partial charge in [0, 0.05) is 4.88 Å². The molecule has 0 spiro atoms. The van der Waals surface area contributed by atoms with Crippen molar-refractivity contribution in [3.63, 3.8) is 0 Å². The molecule has 1 aromatic heterocycles. The Bertz CT molecular complexity index is 755. The lowest BCUT2D eigenvalue weighted by Gasteiger charge is -2.27. The van der Waals surface area contributed by atoms with Crippen LogP contribution in [0.4, 0.5) is 9.39 Å². The van der Waals surface area contributed by atoms with Crippen LogP contribution in [-0.2, 0) is 22.4 Å². The van der Waals surface area contributed by atoms with E-state index in [4.69, 9.17) is 51.8 Å². The van der Waals surface area contributed by atoms with Crippen molar-refractivity contribution in [3.8, 4) is 0 Å². The summed E-state index contributed by atoms with van der Waals surface area (Å²) in [5, 5.41) is 8.26. The van der Waals surface area contributed by atoms with E-state index in [1.165, 1.54) is 11.3 Å². The predicted molar refractivity (Wildman–Crippen MR) is 114 cm³/mol. The Morgan fingerprint density at radius 3 is 2.57 bits per heavy atom. The van der Waals surface area contributed by atoms with Crippen molar-refractivity contribution in [2.24, 2.45) is 0 Å². The first-order valence-electron chi connectivity index (χ1n) is 8.48. The zero-order valence-corrected chi connectivity index (χ0v) is 18.8. The molecule has 1 amide bonds. The molecule has 0 saturated carbocycles. The van der Waals surface area contributed by atoms with E-state index in [0.717, 1.165) is 36.1 Å². The average molecular weight is 491 g/mol. The smallest absolute Gasteiger partial charge is 0.341 e. The third-order valence-corrected chi connectivity index (χ3v) is 5.99. The highest BCUT2D eigenvalue weighted by Crippen LogP contribution is 2.38. The van der Waals surface area contributed by atoms with Gasteiger partial charge in [0.05, 0.1) is 12.2 Å². The third-order valence-electron chi connectivity index (χ3n) is 3.91.